The number of nitrogens with zero attached hydrogens (tertiary/aromatic N) is 1. The van der Waals surface area contributed by atoms with Gasteiger partial charge in [0.25, 0.3) is 0 Å². The number of aliphatic hydroxyl groups excluding tert-OH is 1. The van der Waals surface area contributed by atoms with Crippen molar-refractivity contribution in [2.75, 3.05) is 0 Å². The zero-order chi connectivity index (χ0) is 27.6. The molecule has 4 heteroatoms. The third kappa shape index (κ3) is 6.64. The number of fused-ring (bicyclic) bond motifs is 4. The van der Waals surface area contributed by atoms with Crippen molar-refractivity contribution >= 4 is 38.1 Å². The first-order valence-electron chi connectivity index (χ1n) is 13.1. The normalized spacial score (nSPS) is 11.8. The van der Waals surface area contributed by atoms with Crippen LogP contribution in [0.15, 0.2) is 84.8 Å². The summed E-state index contributed by atoms with van der Waals surface area (Å²) in [5.41, 5.74) is 4.78. The van der Waals surface area contributed by atoms with Crippen molar-refractivity contribution in [3.05, 3.63) is 102 Å². The smallest absolute Gasteiger partial charge is 0.155 e. The fourth-order valence-corrected chi connectivity index (χ4v) is 5.03. The molecule has 0 aliphatic carbocycles. The zero-order valence-corrected chi connectivity index (χ0v) is 26.1. The third-order valence-electron chi connectivity index (χ3n) is 6.68. The fraction of sp³-hybridized carbons (Fsp3) is 0.257. The molecule has 1 heterocycles. The van der Waals surface area contributed by atoms with Crippen LogP contribution < -0.4 is 0 Å². The van der Waals surface area contributed by atoms with E-state index in [9.17, 15) is 4.79 Å². The molecule has 0 saturated carbocycles. The number of pyridine rings is 1. The summed E-state index contributed by atoms with van der Waals surface area (Å²) >= 11 is 0. The van der Waals surface area contributed by atoms with Crippen molar-refractivity contribution in [3.63, 3.8) is 0 Å². The third-order valence-corrected chi connectivity index (χ3v) is 6.68. The van der Waals surface area contributed by atoms with Gasteiger partial charge in [0.05, 0.1) is 5.76 Å². The molecule has 0 spiro atoms. The maximum atomic E-state index is 10.0. The van der Waals surface area contributed by atoms with Crippen LogP contribution in [0.3, 0.4) is 0 Å². The fourth-order valence-electron chi connectivity index (χ4n) is 5.03. The average Bonchev–Trinajstić information content (AvgIpc) is 2.86. The molecule has 1 aromatic heterocycles. The Labute approximate surface area is 245 Å². The van der Waals surface area contributed by atoms with Crippen LogP contribution in [0.25, 0.3) is 43.6 Å². The number of hydrogen-bond donors (Lipinski definition) is 1. The van der Waals surface area contributed by atoms with E-state index in [-0.39, 0.29) is 37.1 Å². The molecule has 1 N–H and O–H groups in total. The number of allylic oxidation sites excluding steroid dienone is 2. The largest absolute Gasteiger partial charge is 0.512 e. The first-order chi connectivity index (χ1) is 18.0. The van der Waals surface area contributed by atoms with Crippen molar-refractivity contribution < 1.29 is 30.0 Å². The van der Waals surface area contributed by atoms with Gasteiger partial charge in [0.15, 0.2) is 5.78 Å². The Morgan fingerprint density at radius 1 is 0.872 bits per heavy atom. The SMILES string of the molecule is CC(=O)/C=C(/C)O.CC(C)c1[c-]c(-c2nccc3c2ccc2ccccc23)cc2c(C(C)(C)C)cccc12.[Ir]. The van der Waals surface area contributed by atoms with Crippen LogP contribution in [0, 0.1) is 6.07 Å². The van der Waals surface area contributed by atoms with E-state index in [2.05, 4.69) is 107 Å². The van der Waals surface area contributed by atoms with Crippen LogP contribution >= 0.6 is 0 Å². The Balaban J connectivity index is 0.000000468. The van der Waals surface area contributed by atoms with Crippen LogP contribution in [0.4, 0.5) is 0 Å². The Bertz CT molecular complexity index is 1670. The molecule has 0 bridgehead atoms. The summed E-state index contributed by atoms with van der Waals surface area (Å²) in [5.74, 6) is 0.320. The molecule has 0 fully saturated rings. The monoisotopic (exact) mass is 695 g/mol. The molecule has 1 radical (unpaired) electrons. The topological polar surface area (TPSA) is 50.2 Å². The average molecular weight is 695 g/mol. The van der Waals surface area contributed by atoms with E-state index in [1.165, 1.54) is 63.4 Å². The maximum absolute atomic E-state index is 10.0. The molecule has 3 nitrogen and oxygen atoms in total. The van der Waals surface area contributed by atoms with E-state index >= 15 is 0 Å². The van der Waals surface area contributed by atoms with Gasteiger partial charge in [-0.3, -0.25) is 4.79 Å². The number of hydrogen-bond acceptors (Lipinski definition) is 3. The maximum Gasteiger partial charge on any atom is 0.155 e. The van der Waals surface area contributed by atoms with Crippen molar-refractivity contribution in [1.29, 1.82) is 0 Å². The summed E-state index contributed by atoms with van der Waals surface area (Å²) in [5, 5.41) is 15.9. The summed E-state index contributed by atoms with van der Waals surface area (Å²) in [6, 6.07) is 27.9. The van der Waals surface area contributed by atoms with Gasteiger partial charge in [-0.1, -0.05) is 106 Å². The van der Waals surface area contributed by atoms with Crippen LogP contribution in [-0.2, 0) is 30.3 Å². The summed E-state index contributed by atoms with van der Waals surface area (Å²) in [7, 11) is 0. The minimum absolute atomic E-state index is 0. The van der Waals surface area contributed by atoms with E-state index in [4.69, 9.17) is 10.1 Å². The van der Waals surface area contributed by atoms with E-state index in [0.717, 1.165) is 11.3 Å². The number of aliphatic hydroxyl groups is 1. The van der Waals surface area contributed by atoms with E-state index < -0.39 is 0 Å². The van der Waals surface area contributed by atoms with Crippen LogP contribution in [0.1, 0.15) is 65.5 Å². The second-order valence-electron chi connectivity index (χ2n) is 11.2. The van der Waals surface area contributed by atoms with Gasteiger partial charge in [-0.2, -0.15) is 0 Å². The number of carbonyl (C=O) groups is 1. The molecule has 203 valence electrons. The molecule has 5 aromatic rings. The number of carbonyl (C=O) groups excluding carboxylic acids is 1. The molecule has 0 saturated heterocycles. The summed E-state index contributed by atoms with van der Waals surface area (Å²) in [6.07, 6.45) is 3.10. The minimum atomic E-state index is -0.125. The molecule has 0 aliphatic rings. The number of benzene rings is 4. The van der Waals surface area contributed by atoms with Crippen molar-refractivity contribution in [3.8, 4) is 11.3 Å². The van der Waals surface area contributed by atoms with Crippen molar-refractivity contribution in [2.45, 2.75) is 59.8 Å². The van der Waals surface area contributed by atoms with Gasteiger partial charge >= 0.3 is 0 Å². The van der Waals surface area contributed by atoms with Crippen LogP contribution in [0.2, 0.25) is 0 Å². The molecular formula is C35H36IrNO2-. The first-order valence-corrected chi connectivity index (χ1v) is 13.1. The predicted molar refractivity (Wildman–Crippen MR) is 161 cm³/mol. The minimum Gasteiger partial charge on any atom is -0.512 e. The van der Waals surface area contributed by atoms with Gasteiger partial charge in [0.1, 0.15) is 0 Å². The van der Waals surface area contributed by atoms with Crippen molar-refractivity contribution in [2.24, 2.45) is 0 Å². The molecule has 39 heavy (non-hydrogen) atoms. The molecule has 0 aliphatic heterocycles. The van der Waals surface area contributed by atoms with Crippen LogP contribution in [-0.4, -0.2) is 15.9 Å². The van der Waals surface area contributed by atoms with Gasteiger partial charge in [-0.25, -0.2) is 0 Å². The standard InChI is InChI=1S/C30H28N.C5H8O2.Ir/c1-19(2)26-17-21(18-27-23(26)11-8-12-28(27)30(3,4)5)29-25-14-13-20-9-6-7-10-22(20)24(25)15-16-31-29;1-4(6)3-5(2)7;/h6-16,18-19H,1-5H3;3,6H,1-2H3;/q-1;;/b;4-3-;. The van der Waals surface area contributed by atoms with Gasteiger partial charge in [0.2, 0.25) is 0 Å². The van der Waals surface area contributed by atoms with Gasteiger partial charge < -0.3 is 10.1 Å². The predicted octanol–water partition coefficient (Wildman–Crippen LogP) is 9.46. The van der Waals surface area contributed by atoms with E-state index in [0.29, 0.717) is 5.92 Å². The summed E-state index contributed by atoms with van der Waals surface area (Å²) in [4.78, 5) is 14.9. The summed E-state index contributed by atoms with van der Waals surface area (Å²) < 4.78 is 0. The molecule has 0 atom stereocenters. The van der Waals surface area contributed by atoms with Crippen LogP contribution in [0.5, 0.6) is 0 Å². The second kappa shape index (κ2) is 12.2. The number of aromatic nitrogens is 1. The Morgan fingerprint density at radius 3 is 2.18 bits per heavy atom. The van der Waals surface area contributed by atoms with Crippen molar-refractivity contribution in [1.82, 2.24) is 4.98 Å². The number of rotatable bonds is 3. The molecular weight excluding hydrogens is 659 g/mol. The van der Waals surface area contributed by atoms with E-state index in [1.807, 2.05) is 6.20 Å². The Hall–Kier alpha value is -3.33. The second-order valence-corrected chi connectivity index (χ2v) is 11.2. The molecule has 5 rings (SSSR count). The quantitative estimate of drug-likeness (QED) is 0.0886. The molecule has 0 amide bonds. The molecule has 0 unspecified atom stereocenters. The Morgan fingerprint density at radius 2 is 1.56 bits per heavy atom. The Kier molecular flexibility index (Phi) is 9.48. The first kappa shape index (κ1) is 30.2. The van der Waals surface area contributed by atoms with Gasteiger partial charge in [0, 0.05) is 32.4 Å². The van der Waals surface area contributed by atoms with Gasteiger partial charge in [-0.15, -0.1) is 23.3 Å². The van der Waals surface area contributed by atoms with Gasteiger partial charge in [-0.05, 0) is 58.5 Å². The summed E-state index contributed by atoms with van der Waals surface area (Å²) in [6.45, 7) is 14.2. The molecule has 4 aromatic carbocycles. The van der Waals surface area contributed by atoms with E-state index in [1.54, 1.807) is 0 Å². The number of ketones is 1. The zero-order valence-electron chi connectivity index (χ0n) is 23.7.